The van der Waals surface area contributed by atoms with Crippen molar-refractivity contribution in [3.05, 3.63) is 29.8 Å². The maximum absolute atomic E-state index is 13.6. The number of unbranched alkanes of at least 4 members (excludes halogenated alkanes) is 1. The third kappa shape index (κ3) is 11.2. The summed E-state index contributed by atoms with van der Waals surface area (Å²) >= 11 is 0. The molecule has 0 bridgehead atoms. The van der Waals surface area contributed by atoms with Crippen LogP contribution in [0.2, 0.25) is 0 Å². The van der Waals surface area contributed by atoms with Gasteiger partial charge in [-0.25, -0.2) is 9.59 Å². The molecule has 1 saturated heterocycles. The van der Waals surface area contributed by atoms with Gasteiger partial charge in [-0.3, -0.25) is 9.59 Å². The predicted molar refractivity (Wildman–Crippen MR) is 166 cm³/mol. The zero-order chi connectivity index (χ0) is 32.5. The molecule has 1 aromatic rings. The molecular formula is C32H51N5O7. The van der Waals surface area contributed by atoms with Crippen molar-refractivity contribution in [1.29, 1.82) is 0 Å². The van der Waals surface area contributed by atoms with Gasteiger partial charge in [-0.2, -0.15) is 0 Å². The smallest absolute Gasteiger partial charge is 0.410 e. The summed E-state index contributed by atoms with van der Waals surface area (Å²) in [7, 11) is 0. The summed E-state index contributed by atoms with van der Waals surface area (Å²) in [5, 5.41) is 8.72. The number of hydrogen-bond donors (Lipinski definition) is 4. The fourth-order valence-corrected chi connectivity index (χ4v) is 5.26. The van der Waals surface area contributed by atoms with Crippen LogP contribution in [-0.2, 0) is 19.1 Å². The molecular weight excluding hydrogens is 566 g/mol. The highest BCUT2D eigenvalue weighted by Crippen LogP contribution is 2.31. The van der Waals surface area contributed by atoms with Gasteiger partial charge in [0.2, 0.25) is 11.8 Å². The second-order valence-electron chi connectivity index (χ2n) is 13.6. The van der Waals surface area contributed by atoms with Crippen molar-refractivity contribution in [2.45, 2.75) is 109 Å². The van der Waals surface area contributed by atoms with Crippen LogP contribution >= 0.6 is 0 Å². The molecule has 246 valence electrons. The van der Waals surface area contributed by atoms with Gasteiger partial charge in [-0.05, 0) is 85.6 Å². The number of piperidine rings is 1. The number of nitrogens with zero attached hydrogens (tertiary/aromatic N) is 1. The Bertz CT molecular complexity index is 1140. The number of ether oxygens (including phenoxy) is 3. The van der Waals surface area contributed by atoms with E-state index >= 15 is 0 Å². The lowest BCUT2D eigenvalue weighted by Gasteiger charge is -2.35. The topological polar surface area (TPSA) is 161 Å². The Morgan fingerprint density at radius 2 is 1.61 bits per heavy atom. The average Bonchev–Trinajstić information content (AvgIpc) is 2.94. The number of hydrogen-bond acceptors (Lipinski definition) is 8. The summed E-state index contributed by atoms with van der Waals surface area (Å²) in [6.07, 6.45) is 2.38. The second-order valence-corrected chi connectivity index (χ2v) is 13.6. The molecule has 1 aromatic carbocycles. The Kier molecular flexibility index (Phi) is 12.3. The van der Waals surface area contributed by atoms with Gasteiger partial charge in [0.05, 0.1) is 18.7 Å². The maximum atomic E-state index is 13.6. The fraction of sp³-hybridized carbons (Fsp3) is 0.688. The molecule has 0 aliphatic carbocycles. The van der Waals surface area contributed by atoms with E-state index in [4.69, 9.17) is 19.9 Å². The molecule has 0 unspecified atom stereocenters. The Morgan fingerprint density at radius 1 is 0.955 bits per heavy atom. The normalized spacial score (nSPS) is 18.6. The first-order valence-electron chi connectivity index (χ1n) is 15.7. The highest BCUT2D eigenvalue weighted by Gasteiger charge is 2.34. The number of carbonyl (C=O) groups is 4. The van der Waals surface area contributed by atoms with Gasteiger partial charge in [0.1, 0.15) is 23.0 Å². The highest BCUT2D eigenvalue weighted by atomic mass is 16.6. The van der Waals surface area contributed by atoms with E-state index in [2.05, 4.69) is 16.0 Å². The molecule has 3 rings (SSSR count). The molecule has 3 atom stereocenters. The number of alkyl carbamates (subject to hydrolysis) is 1. The minimum absolute atomic E-state index is 0.141. The van der Waals surface area contributed by atoms with Crippen molar-refractivity contribution in [2.24, 2.45) is 11.7 Å². The van der Waals surface area contributed by atoms with Gasteiger partial charge >= 0.3 is 12.2 Å². The summed E-state index contributed by atoms with van der Waals surface area (Å²) in [6.45, 7) is 12.6. The van der Waals surface area contributed by atoms with E-state index in [1.807, 2.05) is 45.0 Å². The summed E-state index contributed by atoms with van der Waals surface area (Å²) in [5.41, 5.74) is 6.13. The molecule has 2 heterocycles. The minimum Gasteiger partial charge on any atom is -0.493 e. The lowest BCUT2D eigenvalue weighted by atomic mass is 9.89. The minimum atomic E-state index is -0.830. The molecule has 1 fully saturated rings. The predicted octanol–water partition coefficient (Wildman–Crippen LogP) is 3.78. The molecule has 12 nitrogen and oxygen atoms in total. The lowest BCUT2D eigenvalue weighted by Crippen LogP contribution is -2.55. The molecule has 44 heavy (non-hydrogen) atoms. The van der Waals surface area contributed by atoms with Crippen LogP contribution in [0.4, 0.5) is 9.59 Å². The largest absolute Gasteiger partial charge is 0.493 e. The van der Waals surface area contributed by atoms with E-state index in [1.165, 1.54) is 0 Å². The lowest BCUT2D eigenvalue weighted by molar-refractivity contribution is -0.131. The zero-order valence-electron chi connectivity index (χ0n) is 27.1. The molecule has 4 amide bonds. The van der Waals surface area contributed by atoms with Crippen LogP contribution in [0.5, 0.6) is 5.75 Å². The van der Waals surface area contributed by atoms with Gasteiger partial charge < -0.3 is 40.8 Å². The monoisotopic (exact) mass is 617 g/mol. The SMILES string of the molecule is CC(C)(C)OC(=O)NCCCC[C@H](NC(=O)[C@@H](N)C1CCN(C(=O)OC(C)(C)C)CC1)C(=O)N[C@@H]1CCOc2ccccc21. The Labute approximate surface area is 261 Å². The molecule has 2 aliphatic rings. The van der Waals surface area contributed by atoms with Crippen LogP contribution in [0.15, 0.2) is 24.3 Å². The first-order chi connectivity index (χ1) is 20.6. The average molecular weight is 618 g/mol. The second kappa shape index (κ2) is 15.5. The number of likely N-dealkylation sites (tertiary alicyclic amines) is 1. The Morgan fingerprint density at radius 3 is 2.27 bits per heavy atom. The van der Waals surface area contributed by atoms with Crippen molar-refractivity contribution in [3.63, 3.8) is 0 Å². The van der Waals surface area contributed by atoms with Crippen LogP contribution in [-0.4, -0.2) is 78.4 Å². The van der Waals surface area contributed by atoms with E-state index in [-0.39, 0.29) is 24.0 Å². The van der Waals surface area contributed by atoms with Crippen molar-refractivity contribution in [3.8, 4) is 5.75 Å². The first-order valence-corrected chi connectivity index (χ1v) is 15.7. The van der Waals surface area contributed by atoms with E-state index in [0.29, 0.717) is 64.8 Å². The van der Waals surface area contributed by atoms with Crippen LogP contribution in [0, 0.1) is 5.92 Å². The number of para-hydroxylation sites is 1. The quantitative estimate of drug-likeness (QED) is 0.289. The number of amides is 4. The molecule has 0 spiro atoms. The Hall–Kier alpha value is -3.54. The third-order valence-corrected chi connectivity index (χ3v) is 7.50. The fourth-order valence-electron chi connectivity index (χ4n) is 5.26. The van der Waals surface area contributed by atoms with Gasteiger partial charge in [-0.1, -0.05) is 18.2 Å². The van der Waals surface area contributed by atoms with Crippen LogP contribution in [0.3, 0.4) is 0 Å². The van der Waals surface area contributed by atoms with Crippen LogP contribution < -0.4 is 26.4 Å². The number of fused-ring (bicyclic) bond motifs is 1. The Balaban J connectivity index is 1.58. The summed E-state index contributed by atoms with van der Waals surface area (Å²) < 4.78 is 16.5. The van der Waals surface area contributed by atoms with Crippen molar-refractivity contribution in [2.75, 3.05) is 26.2 Å². The van der Waals surface area contributed by atoms with Crippen LogP contribution in [0.1, 0.15) is 91.7 Å². The van der Waals surface area contributed by atoms with Gasteiger partial charge in [-0.15, -0.1) is 0 Å². The number of nitrogens with one attached hydrogen (secondary N) is 3. The molecule has 12 heteroatoms. The summed E-state index contributed by atoms with van der Waals surface area (Å²) in [4.78, 5) is 53.0. The first kappa shape index (κ1) is 34.9. The number of carbonyl (C=O) groups excluding carboxylic acids is 4. The van der Waals surface area contributed by atoms with Crippen LogP contribution in [0.25, 0.3) is 0 Å². The molecule has 0 saturated carbocycles. The van der Waals surface area contributed by atoms with E-state index < -0.39 is 35.3 Å². The molecule has 0 radical (unpaired) electrons. The highest BCUT2D eigenvalue weighted by molar-refractivity contribution is 5.90. The number of benzene rings is 1. The summed E-state index contributed by atoms with van der Waals surface area (Å²) in [5.74, 6) is -0.109. The number of nitrogens with two attached hydrogens (primary N) is 1. The van der Waals surface area contributed by atoms with Crippen molar-refractivity contribution >= 4 is 24.0 Å². The third-order valence-electron chi connectivity index (χ3n) is 7.50. The van der Waals surface area contributed by atoms with Gasteiger partial charge in [0, 0.05) is 31.6 Å². The van der Waals surface area contributed by atoms with E-state index in [9.17, 15) is 19.2 Å². The van der Waals surface area contributed by atoms with E-state index in [1.54, 1.807) is 25.7 Å². The van der Waals surface area contributed by atoms with Gasteiger partial charge in [0.25, 0.3) is 0 Å². The van der Waals surface area contributed by atoms with E-state index in [0.717, 1.165) is 11.3 Å². The molecule has 2 aliphatic heterocycles. The molecule has 0 aromatic heterocycles. The standard InChI is InChI=1S/C32H51N5O7/c1-31(2,3)43-29(40)34-17-10-9-12-24(27(38)35-23-16-20-42-25-13-8-7-11-22(23)25)36-28(39)26(33)21-14-18-37(19-15-21)30(41)44-32(4,5)6/h7-8,11,13,21,23-24,26H,9-10,12,14-20,33H2,1-6H3,(H,34,40)(H,35,38)(H,36,39)/t23-,24+,26+/m1/s1. The van der Waals surface area contributed by atoms with Crippen molar-refractivity contribution in [1.82, 2.24) is 20.9 Å². The van der Waals surface area contributed by atoms with Gasteiger partial charge in [0.15, 0.2) is 0 Å². The maximum Gasteiger partial charge on any atom is 0.410 e. The molecule has 5 N–H and O–H groups in total. The number of rotatable bonds is 10. The van der Waals surface area contributed by atoms with Crippen molar-refractivity contribution < 1.29 is 33.4 Å². The zero-order valence-corrected chi connectivity index (χ0v) is 27.1. The summed E-state index contributed by atoms with van der Waals surface area (Å²) in [6, 6.07) is 5.70.